The highest BCUT2D eigenvalue weighted by molar-refractivity contribution is 7.09. The Hall–Kier alpha value is -0.400. The van der Waals surface area contributed by atoms with Gasteiger partial charge in [0, 0.05) is 30.6 Å². The molecule has 1 aliphatic heterocycles. The molecule has 8 heteroatoms. The molecule has 5 nitrogen and oxygen atoms in total. The fourth-order valence-electron chi connectivity index (χ4n) is 2.96. The Morgan fingerprint density at radius 1 is 1.50 bits per heavy atom. The number of nitrogens with one attached hydrogen (secondary N) is 1. The number of hydrogen-bond acceptors (Lipinski definition) is 5. The maximum absolute atomic E-state index is 12.2. The van der Waals surface area contributed by atoms with Gasteiger partial charge in [0.2, 0.25) is 0 Å². The fourth-order valence-corrected chi connectivity index (χ4v) is 3.61. The molecule has 0 bridgehead atoms. The van der Waals surface area contributed by atoms with Gasteiger partial charge in [0.05, 0.1) is 0 Å². The molecule has 3 N–H and O–H groups in total. The molecule has 1 fully saturated rings. The molecule has 1 aliphatic rings. The van der Waals surface area contributed by atoms with Crippen LogP contribution in [-0.4, -0.2) is 41.0 Å². The molecule has 0 saturated carbocycles. The van der Waals surface area contributed by atoms with Crippen LogP contribution >= 0.6 is 36.2 Å². The number of likely N-dealkylation sites (tertiary alicyclic amines) is 1. The van der Waals surface area contributed by atoms with Crippen molar-refractivity contribution in [2.75, 3.05) is 19.6 Å². The van der Waals surface area contributed by atoms with Crippen molar-refractivity contribution < 1.29 is 4.79 Å². The van der Waals surface area contributed by atoms with Gasteiger partial charge in [0.1, 0.15) is 10.7 Å². The molecule has 1 saturated heterocycles. The summed E-state index contributed by atoms with van der Waals surface area (Å²) >= 11 is 1.44. The molecule has 2 heterocycles. The van der Waals surface area contributed by atoms with E-state index >= 15 is 0 Å². The lowest BCUT2D eigenvalue weighted by Crippen LogP contribution is -2.54. The van der Waals surface area contributed by atoms with E-state index in [4.69, 9.17) is 5.73 Å². The van der Waals surface area contributed by atoms with Gasteiger partial charge in [-0.2, -0.15) is 0 Å². The molecule has 0 spiro atoms. The Kier molecular flexibility index (Phi) is 10.4. The van der Waals surface area contributed by atoms with Crippen LogP contribution in [0.1, 0.15) is 55.5 Å². The smallest absolute Gasteiger partial charge is 0.270 e. The first-order valence-corrected chi connectivity index (χ1v) is 9.02. The van der Waals surface area contributed by atoms with E-state index in [0.717, 1.165) is 24.0 Å². The van der Waals surface area contributed by atoms with Gasteiger partial charge < -0.3 is 11.1 Å². The van der Waals surface area contributed by atoms with E-state index < -0.39 is 0 Å². The number of carbonyl (C=O) groups excluding carboxylic acids is 1. The molecular weight excluding hydrogens is 367 g/mol. The summed E-state index contributed by atoms with van der Waals surface area (Å²) in [6.07, 6.45) is 3.82. The first-order chi connectivity index (χ1) is 10.5. The van der Waals surface area contributed by atoms with Crippen molar-refractivity contribution in [2.24, 2.45) is 11.7 Å². The van der Waals surface area contributed by atoms with E-state index in [9.17, 15) is 4.79 Å². The van der Waals surface area contributed by atoms with E-state index in [0.29, 0.717) is 18.8 Å². The lowest BCUT2D eigenvalue weighted by molar-refractivity contribution is 0.0611. The van der Waals surface area contributed by atoms with Crippen LogP contribution in [0.5, 0.6) is 0 Å². The second kappa shape index (κ2) is 10.6. The monoisotopic (exact) mass is 396 g/mol. The largest absolute Gasteiger partial charge is 0.349 e. The van der Waals surface area contributed by atoms with Gasteiger partial charge in [-0.15, -0.1) is 36.2 Å². The van der Waals surface area contributed by atoms with Gasteiger partial charge in [-0.05, 0) is 39.2 Å². The van der Waals surface area contributed by atoms with Gasteiger partial charge in [-0.1, -0.05) is 13.3 Å². The average Bonchev–Trinajstić information content (AvgIpc) is 3.02. The number of thiazole rings is 1. The van der Waals surface area contributed by atoms with E-state index in [1.54, 1.807) is 5.38 Å². The third kappa shape index (κ3) is 6.15. The molecule has 1 aromatic heterocycles. The minimum Gasteiger partial charge on any atom is -0.349 e. The Labute approximate surface area is 161 Å². The van der Waals surface area contributed by atoms with Crippen LogP contribution in [0.3, 0.4) is 0 Å². The number of aromatic nitrogens is 1. The Bertz CT molecular complexity index is 510. The summed E-state index contributed by atoms with van der Waals surface area (Å²) in [5, 5.41) is 5.60. The minimum atomic E-state index is -0.104. The predicted octanol–water partition coefficient (Wildman–Crippen LogP) is 3.08. The number of piperidine rings is 1. The quantitative estimate of drug-likeness (QED) is 0.774. The Balaban J connectivity index is 0.00000264. The first-order valence-electron chi connectivity index (χ1n) is 8.14. The minimum absolute atomic E-state index is 0. The van der Waals surface area contributed by atoms with Gasteiger partial charge in [0.15, 0.2) is 0 Å². The highest BCUT2D eigenvalue weighted by Crippen LogP contribution is 2.25. The van der Waals surface area contributed by atoms with Crippen LogP contribution in [0.25, 0.3) is 0 Å². The lowest BCUT2D eigenvalue weighted by Gasteiger charge is -2.43. The number of amides is 1. The third-order valence-electron chi connectivity index (χ3n) is 4.59. The second-order valence-electron chi connectivity index (χ2n) is 6.69. The summed E-state index contributed by atoms with van der Waals surface area (Å²) < 4.78 is 0. The number of carbonyl (C=O) groups is 1. The van der Waals surface area contributed by atoms with E-state index in [1.807, 2.05) is 0 Å². The zero-order valence-electron chi connectivity index (χ0n) is 14.7. The molecular formula is C16H30Cl2N4OS. The van der Waals surface area contributed by atoms with Crippen LogP contribution < -0.4 is 11.1 Å². The normalized spacial score (nSPS) is 18.4. The van der Waals surface area contributed by atoms with Crippen molar-refractivity contribution in [1.29, 1.82) is 0 Å². The predicted molar refractivity (Wildman–Crippen MR) is 106 cm³/mol. The van der Waals surface area contributed by atoms with Crippen LogP contribution in [0.15, 0.2) is 5.38 Å². The molecule has 1 atom stereocenters. The second-order valence-corrected chi connectivity index (χ2v) is 7.63. The molecule has 24 heavy (non-hydrogen) atoms. The Morgan fingerprint density at radius 2 is 2.21 bits per heavy atom. The molecule has 1 unspecified atom stereocenters. The zero-order chi connectivity index (χ0) is 16.2. The molecule has 1 amide bonds. The SMILES string of the molecule is CCC1CCCN(C(C)(C)CNC(=O)c2csc(CN)n2)C1.Cl.Cl. The summed E-state index contributed by atoms with van der Waals surface area (Å²) in [6, 6.07) is 0. The first kappa shape index (κ1) is 23.6. The highest BCUT2D eigenvalue weighted by Gasteiger charge is 2.31. The number of nitrogens with zero attached hydrogens (tertiary/aromatic N) is 2. The average molecular weight is 397 g/mol. The van der Waals surface area contributed by atoms with Gasteiger partial charge in [0.25, 0.3) is 5.91 Å². The van der Waals surface area contributed by atoms with Gasteiger partial charge in [-0.25, -0.2) is 4.98 Å². The van der Waals surface area contributed by atoms with Crippen LogP contribution in [0, 0.1) is 5.92 Å². The molecule has 0 aliphatic carbocycles. The maximum Gasteiger partial charge on any atom is 0.270 e. The Morgan fingerprint density at radius 3 is 2.79 bits per heavy atom. The van der Waals surface area contributed by atoms with E-state index in [1.165, 1.54) is 30.6 Å². The van der Waals surface area contributed by atoms with E-state index in [2.05, 4.69) is 36.0 Å². The van der Waals surface area contributed by atoms with Crippen molar-refractivity contribution >= 4 is 42.1 Å². The lowest BCUT2D eigenvalue weighted by atomic mass is 9.91. The van der Waals surface area contributed by atoms with Crippen LogP contribution in [0.2, 0.25) is 0 Å². The van der Waals surface area contributed by atoms with Crippen molar-refractivity contribution in [3.8, 4) is 0 Å². The summed E-state index contributed by atoms with van der Waals surface area (Å²) in [7, 11) is 0. The van der Waals surface area contributed by atoms with Crippen molar-refractivity contribution in [1.82, 2.24) is 15.2 Å². The molecule has 140 valence electrons. The van der Waals surface area contributed by atoms with Gasteiger partial charge in [-0.3, -0.25) is 9.69 Å². The summed E-state index contributed by atoms with van der Waals surface area (Å²) in [6.45, 7) is 9.95. The van der Waals surface area contributed by atoms with E-state index in [-0.39, 0.29) is 36.3 Å². The van der Waals surface area contributed by atoms with Crippen molar-refractivity contribution in [3.05, 3.63) is 16.1 Å². The highest BCUT2D eigenvalue weighted by atomic mass is 35.5. The number of hydrogen-bond donors (Lipinski definition) is 2. The molecule has 2 rings (SSSR count). The van der Waals surface area contributed by atoms with Crippen molar-refractivity contribution in [3.63, 3.8) is 0 Å². The third-order valence-corrected chi connectivity index (χ3v) is 5.46. The molecule has 0 aromatic carbocycles. The number of nitrogens with two attached hydrogens (primary N) is 1. The molecule has 1 aromatic rings. The zero-order valence-corrected chi connectivity index (χ0v) is 17.2. The van der Waals surface area contributed by atoms with Crippen LogP contribution in [-0.2, 0) is 6.54 Å². The standard InChI is InChI=1S/C16H28N4OS.2ClH/c1-4-12-6-5-7-20(9-12)16(2,3)11-18-15(21)13-10-22-14(8-17)19-13;;/h10,12H,4-9,11,17H2,1-3H3,(H,18,21);2*1H. The van der Waals surface area contributed by atoms with Crippen LogP contribution in [0.4, 0.5) is 0 Å². The summed E-state index contributed by atoms with van der Waals surface area (Å²) in [5.74, 6) is 0.683. The summed E-state index contributed by atoms with van der Waals surface area (Å²) in [4.78, 5) is 18.9. The number of rotatable bonds is 6. The van der Waals surface area contributed by atoms with Gasteiger partial charge >= 0.3 is 0 Å². The fraction of sp³-hybridized carbons (Fsp3) is 0.750. The molecule has 0 radical (unpaired) electrons. The topological polar surface area (TPSA) is 71.2 Å². The number of halogens is 2. The summed E-state index contributed by atoms with van der Waals surface area (Å²) in [5.41, 5.74) is 5.99. The van der Waals surface area contributed by atoms with Crippen molar-refractivity contribution in [2.45, 2.75) is 52.1 Å². The maximum atomic E-state index is 12.2.